The molecule has 0 aromatic carbocycles. The number of hydrogen-bond acceptors (Lipinski definition) is 3. The highest BCUT2D eigenvalue weighted by Gasteiger charge is 2.20. The summed E-state index contributed by atoms with van der Waals surface area (Å²) in [6.07, 6.45) is 3.13. The van der Waals surface area contributed by atoms with Crippen LogP contribution in [0.5, 0.6) is 0 Å². The van der Waals surface area contributed by atoms with Gasteiger partial charge in [-0.2, -0.15) is 0 Å². The average Bonchev–Trinajstić information content (AvgIpc) is 2.76. The van der Waals surface area contributed by atoms with Gasteiger partial charge in [-0.15, -0.1) is 0 Å². The van der Waals surface area contributed by atoms with Gasteiger partial charge in [-0.05, 0) is 53.5 Å². The van der Waals surface area contributed by atoms with Gasteiger partial charge in [-0.25, -0.2) is 4.98 Å². The maximum atomic E-state index is 4.31. The number of anilines is 1. The minimum absolute atomic E-state index is 0.769. The lowest BCUT2D eigenvalue weighted by atomic mass is 10.1. The molecule has 1 atom stereocenters. The molecule has 3 nitrogen and oxygen atoms in total. The van der Waals surface area contributed by atoms with E-state index in [1.54, 1.807) is 0 Å². The summed E-state index contributed by atoms with van der Waals surface area (Å²) < 4.78 is 1.02. The molecule has 0 radical (unpaired) electrons. The van der Waals surface area contributed by atoms with Gasteiger partial charge in [-0.1, -0.05) is 6.92 Å². The predicted octanol–water partition coefficient (Wildman–Crippen LogP) is 2.60. The van der Waals surface area contributed by atoms with Gasteiger partial charge in [0.05, 0.1) is 0 Å². The normalized spacial score (nSPS) is 21.2. The summed E-state index contributed by atoms with van der Waals surface area (Å²) in [6.45, 7) is 6.90. The van der Waals surface area contributed by atoms with Crippen molar-refractivity contribution in [3.05, 3.63) is 22.8 Å². The zero-order chi connectivity index (χ0) is 11.4. The molecule has 0 saturated carbocycles. The third kappa shape index (κ3) is 3.19. The number of nitrogens with one attached hydrogen (secondary N) is 1. The molecule has 1 N–H and O–H groups in total. The summed E-state index contributed by atoms with van der Waals surface area (Å²) in [6, 6.07) is 4.03. The zero-order valence-electron chi connectivity index (χ0n) is 9.62. The van der Waals surface area contributed by atoms with Crippen LogP contribution in [0, 0.1) is 5.92 Å². The molecule has 88 valence electrons. The van der Waals surface area contributed by atoms with Crippen molar-refractivity contribution in [1.29, 1.82) is 0 Å². The van der Waals surface area contributed by atoms with Crippen LogP contribution in [0.4, 0.5) is 5.82 Å². The van der Waals surface area contributed by atoms with Crippen LogP contribution in [-0.2, 0) is 0 Å². The molecule has 16 heavy (non-hydrogen) atoms. The van der Waals surface area contributed by atoms with Crippen molar-refractivity contribution in [1.82, 2.24) is 9.88 Å². The monoisotopic (exact) mass is 283 g/mol. The molecular weight excluding hydrogens is 266 g/mol. The Labute approximate surface area is 105 Å². The SMILES string of the molecule is CCN1CCC(CNc2ccc(Br)cn2)C1. The summed E-state index contributed by atoms with van der Waals surface area (Å²) in [5.41, 5.74) is 0. The zero-order valence-corrected chi connectivity index (χ0v) is 11.2. The van der Waals surface area contributed by atoms with E-state index in [0.29, 0.717) is 0 Å². The lowest BCUT2D eigenvalue weighted by Crippen LogP contribution is -2.22. The Bertz CT molecular complexity index is 326. The molecule has 2 heterocycles. The van der Waals surface area contributed by atoms with Crippen molar-refractivity contribution in [2.75, 3.05) is 31.5 Å². The van der Waals surface area contributed by atoms with Crippen molar-refractivity contribution >= 4 is 21.7 Å². The summed E-state index contributed by atoms with van der Waals surface area (Å²) in [7, 11) is 0. The van der Waals surface area contributed by atoms with Crippen LogP contribution >= 0.6 is 15.9 Å². The van der Waals surface area contributed by atoms with Crippen molar-refractivity contribution in [3.8, 4) is 0 Å². The van der Waals surface area contributed by atoms with E-state index in [9.17, 15) is 0 Å². The van der Waals surface area contributed by atoms with Crippen LogP contribution in [0.15, 0.2) is 22.8 Å². The highest BCUT2D eigenvalue weighted by atomic mass is 79.9. The van der Waals surface area contributed by atoms with Crippen molar-refractivity contribution in [2.45, 2.75) is 13.3 Å². The van der Waals surface area contributed by atoms with E-state index in [-0.39, 0.29) is 0 Å². The molecule has 0 bridgehead atoms. The molecule has 1 aromatic rings. The molecule has 1 aromatic heterocycles. The first-order valence-electron chi connectivity index (χ1n) is 5.85. The van der Waals surface area contributed by atoms with E-state index < -0.39 is 0 Å². The standard InChI is InChI=1S/C12H18BrN3/c1-2-16-6-5-10(9-16)7-14-12-4-3-11(13)8-15-12/h3-4,8,10H,2,5-7,9H2,1H3,(H,14,15). The second-order valence-electron chi connectivity index (χ2n) is 4.29. The molecule has 4 heteroatoms. The number of aromatic nitrogens is 1. The summed E-state index contributed by atoms with van der Waals surface area (Å²) in [4.78, 5) is 6.81. The van der Waals surface area contributed by atoms with Crippen LogP contribution in [0.1, 0.15) is 13.3 Å². The van der Waals surface area contributed by atoms with Crippen LogP contribution in [0.25, 0.3) is 0 Å². The Kier molecular flexibility index (Phi) is 4.18. The Hall–Kier alpha value is -0.610. The summed E-state index contributed by atoms with van der Waals surface area (Å²) in [5, 5.41) is 3.40. The first kappa shape index (κ1) is 11.9. The Morgan fingerprint density at radius 2 is 2.44 bits per heavy atom. The Morgan fingerprint density at radius 1 is 1.56 bits per heavy atom. The van der Waals surface area contributed by atoms with Gasteiger partial charge in [-0.3, -0.25) is 0 Å². The van der Waals surface area contributed by atoms with Gasteiger partial charge in [0.2, 0.25) is 0 Å². The number of rotatable bonds is 4. The third-order valence-corrected chi connectivity index (χ3v) is 3.59. The largest absolute Gasteiger partial charge is 0.370 e. The average molecular weight is 284 g/mol. The first-order chi connectivity index (χ1) is 7.78. The molecule has 0 amide bonds. The lowest BCUT2D eigenvalue weighted by Gasteiger charge is -2.13. The number of nitrogens with zero attached hydrogens (tertiary/aromatic N) is 2. The van der Waals surface area contributed by atoms with E-state index in [1.165, 1.54) is 26.1 Å². The molecule has 1 aliphatic heterocycles. The maximum Gasteiger partial charge on any atom is 0.125 e. The van der Waals surface area contributed by atoms with Crippen LogP contribution < -0.4 is 5.32 Å². The molecule has 1 saturated heterocycles. The van der Waals surface area contributed by atoms with Gasteiger partial charge in [0, 0.05) is 23.8 Å². The van der Waals surface area contributed by atoms with Crippen LogP contribution in [-0.4, -0.2) is 36.1 Å². The van der Waals surface area contributed by atoms with Crippen molar-refractivity contribution < 1.29 is 0 Å². The first-order valence-corrected chi connectivity index (χ1v) is 6.65. The Balaban J connectivity index is 1.77. The van der Waals surface area contributed by atoms with Crippen LogP contribution in [0.3, 0.4) is 0 Å². The predicted molar refractivity (Wildman–Crippen MR) is 70.6 cm³/mol. The highest BCUT2D eigenvalue weighted by Crippen LogP contribution is 2.17. The second kappa shape index (κ2) is 5.64. The van der Waals surface area contributed by atoms with Gasteiger partial charge >= 0.3 is 0 Å². The topological polar surface area (TPSA) is 28.2 Å². The Morgan fingerprint density at radius 3 is 3.06 bits per heavy atom. The van der Waals surface area contributed by atoms with Crippen LogP contribution in [0.2, 0.25) is 0 Å². The van der Waals surface area contributed by atoms with Crippen molar-refractivity contribution in [2.24, 2.45) is 5.92 Å². The fourth-order valence-electron chi connectivity index (χ4n) is 2.10. The third-order valence-electron chi connectivity index (χ3n) is 3.12. The number of halogens is 1. The quantitative estimate of drug-likeness (QED) is 0.921. The highest BCUT2D eigenvalue weighted by molar-refractivity contribution is 9.10. The molecule has 0 aliphatic carbocycles. The maximum absolute atomic E-state index is 4.31. The minimum atomic E-state index is 0.769. The molecule has 0 spiro atoms. The number of likely N-dealkylation sites (tertiary alicyclic amines) is 1. The van der Waals surface area contributed by atoms with Gasteiger partial charge < -0.3 is 10.2 Å². The molecule has 1 fully saturated rings. The number of hydrogen-bond donors (Lipinski definition) is 1. The van der Waals surface area contributed by atoms with E-state index in [4.69, 9.17) is 0 Å². The van der Waals surface area contributed by atoms with E-state index in [1.807, 2.05) is 18.3 Å². The molecule has 1 unspecified atom stereocenters. The van der Waals surface area contributed by atoms with Crippen molar-refractivity contribution in [3.63, 3.8) is 0 Å². The summed E-state index contributed by atoms with van der Waals surface area (Å²) in [5.74, 6) is 1.74. The molecule has 2 rings (SSSR count). The van der Waals surface area contributed by atoms with E-state index >= 15 is 0 Å². The van der Waals surface area contributed by atoms with Gasteiger partial charge in [0.25, 0.3) is 0 Å². The second-order valence-corrected chi connectivity index (χ2v) is 5.21. The number of pyridine rings is 1. The summed E-state index contributed by atoms with van der Waals surface area (Å²) >= 11 is 3.38. The lowest BCUT2D eigenvalue weighted by molar-refractivity contribution is 0.345. The van der Waals surface area contributed by atoms with Gasteiger partial charge in [0.1, 0.15) is 5.82 Å². The van der Waals surface area contributed by atoms with Gasteiger partial charge in [0.15, 0.2) is 0 Å². The minimum Gasteiger partial charge on any atom is -0.370 e. The van der Waals surface area contributed by atoms with E-state index in [2.05, 4.69) is 38.1 Å². The molecule has 1 aliphatic rings. The molecular formula is C12H18BrN3. The van der Waals surface area contributed by atoms with E-state index in [0.717, 1.165) is 22.8 Å². The smallest absolute Gasteiger partial charge is 0.125 e. The fourth-order valence-corrected chi connectivity index (χ4v) is 2.33. The fraction of sp³-hybridized carbons (Fsp3) is 0.583.